The molecule has 2 heterocycles. The zero-order valence-electron chi connectivity index (χ0n) is 16.0. The number of anilines is 2. The Labute approximate surface area is 166 Å². The number of ether oxygens (including phenoxy) is 1. The maximum absolute atomic E-state index is 12.3. The van der Waals surface area contributed by atoms with Gasteiger partial charge in [-0.2, -0.15) is 5.10 Å². The second-order valence-corrected chi connectivity index (χ2v) is 6.32. The molecule has 0 saturated heterocycles. The van der Waals surface area contributed by atoms with Crippen molar-refractivity contribution < 1.29 is 19.4 Å². The summed E-state index contributed by atoms with van der Waals surface area (Å²) < 4.78 is 4.95. The fraction of sp³-hybridized carbons (Fsp3) is 0.263. The van der Waals surface area contributed by atoms with Gasteiger partial charge in [0.25, 0.3) is 0 Å². The molecule has 0 aliphatic heterocycles. The lowest BCUT2D eigenvalue weighted by Gasteiger charge is -2.16. The molecule has 0 fully saturated rings. The van der Waals surface area contributed by atoms with Crippen LogP contribution < -0.4 is 15.5 Å². The number of carbonyl (C=O) groups excluding carboxylic acids is 1. The van der Waals surface area contributed by atoms with Gasteiger partial charge in [0.2, 0.25) is 0 Å². The van der Waals surface area contributed by atoms with Crippen molar-refractivity contribution in [3.05, 3.63) is 48.2 Å². The predicted molar refractivity (Wildman–Crippen MR) is 108 cm³/mol. The van der Waals surface area contributed by atoms with Crippen LogP contribution in [0.3, 0.4) is 0 Å². The molecule has 10 heteroatoms. The molecule has 29 heavy (non-hydrogen) atoms. The molecule has 152 valence electrons. The van der Waals surface area contributed by atoms with Crippen molar-refractivity contribution in [2.45, 2.75) is 13.0 Å². The maximum Gasteiger partial charge on any atom is 0.413 e. The zero-order chi connectivity index (χ0) is 20.8. The standard InChI is InChI=1S/C19H22N6O4/c1-12(13-6-4-3-5-7-13)21-18(26)22-16-10-15-14(11-20-16)17(24-23-15)25(19(27)28)8-9-29-2/h3-7,10-12H,8-9H2,1-2H3,(H,23,24)(H,27,28)(H2,20,21,22,26)/t12-/m1/s1. The number of nitrogens with zero attached hydrogens (tertiary/aromatic N) is 3. The molecule has 0 spiro atoms. The van der Waals surface area contributed by atoms with Gasteiger partial charge in [0.15, 0.2) is 5.82 Å². The molecule has 0 unspecified atom stereocenters. The number of hydrogen-bond acceptors (Lipinski definition) is 5. The van der Waals surface area contributed by atoms with Crippen LogP contribution in [0.5, 0.6) is 0 Å². The van der Waals surface area contributed by atoms with Crippen LogP contribution in [0.15, 0.2) is 42.6 Å². The van der Waals surface area contributed by atoms with Crippen LogP contribution in [-0.4, -0.2) is 52.7 Å². The summed E-state index contributed by atoms with van der Waals surface area (Å²) in [5.41, 5.74) is 1.53. The van der Waals surface area contributed by atoms with Crippen molar-refractivity contribution >= 4 is 34.7 Å². The normalized spacial score (nSPS) is 11.8. The molecule has 0 radical (unpaired) electrons. The number of pyridine rings is 1. The number of hydrogen-bond donors (Lipinski definition) is 4. The van der Waals surface area contributed by atoms with Crippen molar-refractivity contribution in [1.29, 1.82) is 0 Å². The third-order valence-corrected chi connectivity index (χ3v) is 4.32. The van der Waals surface area contributed by atoms with Crippen LogP contribution >= 0.6 is 0 Å². The molecule has 0 aliphatic rings. The fourth-order valence-electron chi connectivity index (χ4n) is 2.82. The minimum Gasteiger partial charge on any atom is -0.465 e. The number of carbonyl (C=O) groups is 2. The van der Waals surface area contributed by atoms with Crippen LogP contribution in [0.4, 0.5) is 21.2 Å². The van der Waals surface area contributed by atoms with Crippen molar-refractivity contribution in [3.8, 4) is 0 Å². The van der Waals surface area contributed by atoms with Crippen LogP contribution in [0.2, 0.25) is 0 Å². The number of aromatic amines is 1. The predicted octanol–water partition coefficient (Wildman–Crippen LogP) is 2.97. The Morgan fingerprint density at radius 2 is 2.07 bits per heavy atom. The Kier molecular flexibility index (Phi) is 6.25. The van der Waals surface area contributed by atoms with Crippen LogP contribution in [-0.2, 0) is 4.74 Å². The number of methoxy groups -OCH3 is 1. The van der Waals surface area contributed by atoms with Gasteiger partial charge in [-0.15, -0.1) is 0 Å². The van der Waals surface area contributed by atoms with E-state index in [1.54, 1.807) is 6.07 Å². The Hall–Kier alpha value is -3.66. The monoisotopic (exact) mass is 398 g/mol. The first-order chi connectivity index (χ1) is 14.0. The zero-order valence-corrected chi connectivity index (χ0v) is 16.0. The highest BCUT2D eigenvalue weighted by Crippen LogP contribution is 2.25. The van der Waals surface area contributed by atoms with Crippen molar-refractivity contribution in [1.82, 2.24) is 20.5 Å². The Bertz CT molecular complexity index is 991. The number of fused-ring (bicyclic) bond motifs is 1. The van der Waals surface area contributed by atoms with Gasteiger partial charge in [-0.05, 0) is 12.5 Å². The van der Waals surface area contributed by atoms with E-state index in [9.17, 15) is 14.7 Å². The molecule has 3 aromatic rings. The van der Waals surface area contributed by atoms with Crippen molar-refractivity contribution in [2.75, 3.05) is 30.5 Å². The summed E-state index contributed by atoms with van der Waals surface area (Å²) in [5, 5.41) is 22.3. The number of aromatic nitrogens is 3. The highest BCUT2D eigenvalue weighted by molar-refractivity contribution is 5.99. The second kappa shape index (κ2) is 9.02. The number of carboxylic acid groups (broad SMARTS) is 1. The number of amides is 3. The second-order valence-electron chi connectivity index (χ2n) is 6.32. The van der Waals surface area contributed by atoms with Crippen LogP contribution in [0.1, 0.15) is 18.5 Å². The lowest BCUT2D eigenvalue weighted by atomic mass is 10.1. The van der Waals surface area contributed by atoms with Gasteiger partial charge < -0.3 is 15.2 Å². The van der Waals surface area contributed by atoms with Gasteiger partial charge in [-0.3, -0.25) is 15.3 Å². The van der Waals surface area contributed by atoms with Gasteiger partial charge in [-0.25, -0.2) is 14.6 Å². The van der Waals surface area contributed by atoms with E-state index in [1.807, 2.05) is 37.3 Å². The van der Waals surface area contributed by atoms with E-state index in [1.165, 1.54) is 13.3 Å². The summed E-state index contributed by atoms with van der Waals surface area (Å²) in [5.74, 6) is 0.537. The third-order valence-electron chi connectivity index (χ3n) is 4.32. The molecule has 1 atom stereocenters. The molecular weight excluding hydrogens is 376 g/mol. The third kappa shape index (κ3) is 4.79. The number of rotatable bonds is 7. The minimum absolute atomic E-state index is 0.131. The van der Waals surface area contributed by atoms with Gasteiger partial charge >= 0.3 is 12.1 Å². The average molecular weight is 398 g/mol. The van der Waals surface area contributed by atoms with E-state index in [-0.39, 0.29) is 25.0 Å². The van der Waals surface area contributed by atoms with Gasteiger partial charge in [0.05, 0.1) is 30.1 Å². The molecular formula is C19H22N6O4. The summed E-state index contributed by atoms with van der Waals surface area (Å²) in [4.78, 5) is 29.0. The first-order valence-electron chi connectivity index (χ1n) is 8.95. The number of urea groups is 1. The quantitative estimate of drug-likeness (QED) is 0.484. The highest BCUT2D eigenvalue weighted by atomic mass is 16.5. The Balaban J connectivity index is 1.72. The van der Waals surface area contributed by atoms with Crippen LogP contribution in [0.25, 0.3) is 10.9 Å². The molecule has 1 aromatic carbocycles. The highest BCUT2D eigenvalue weighted by Gasteiger charge is 2.20. The fourth-order valence-corrected chi connectivity index (χ4v) is 2.82. The lowest BCUT2D eigenvalue weighted by molar-refractivity contribution is 0.186. The summed E-state index contributed by atoms with van der Waals surface area (Å²) in [6.07, 6.45) is 0.319. The summed E-state index contributed by atoms with van der Waals surface area (Å²) in [6.45, 7) is 2.24. The van der Waals surface area contributed by atoms with Gasteiger partial charge in [-0.1, -0.05) is 30.3 Å². The van der Waals surface area contributed by atoms with Gasteiger partial charge in [0.1, 0.15) is 5.82 Å². The molecule has 0 saturated carbocycles. The summed E-state index contributed by atoms with van der Waals surface area (Å²) in [6, 6.07) is 10.6. The Morgan fingerprint density at radius 3 is 2.76 bits per heavy atom. The Morgan fingerprint density at radius 1 is 1.31 bits per heavy atom. The maximum atomic E-state index is 12.3. The molecule has 3 rings (SSSR count). The van der Waals surface area contributed by atoms with E-state index in [0.717, 1.165) is 10.5 Å². The molecule has 2 aromatic heterocycles. The van der Waals surface area contributed by atoms with E-state index in [4.69, 9.17) is 4.74 Å². The molecule has 4 N–H and O–H groups in total. The number of H-pyrrole nitrogens is 1. The number of benzene rings is 1. The SMILES string of the molecule is COCCN(C(=O)O)c1n[nH]c2cc(NC(=O)N[C@H](C)c3ccccc3)ncc12. The lowest BCUT2D eigenvalue weighted by Crippen LogP contribution is -2.33. The topological polar surface area (TPSA) is 132 Å². The summed E-state index contributed by atoms with van der Waals surface area (Å²) in [7, 11) is 1.49. The van der Waals surface area contributed by atoms with Crippen molar-refractivity contribution in [2.24, 2.45) is 0 Å². The van der Waals surface area contributed by atoms with E-state index >= 15 is 0 Å². The molecule has 0 aliphatic carbocycles. The van der Waals surface area contributed by atoms with Crippen LogP contribution in [0, 0.1) is 0 Å². The molecule has 3 amide bonds. The minimum atomic E-state index is -1.15. The average Bonchev–Trinajstić information content (AvgIpc) is 3.11. The van der Waals surface area contributed by atoms with E-state index in [2.05, 4.69) is 25.8 Å². The van der Waals surface area contributed by atoms with Gasteiger partial charge in [0, 0.05) is 19.4 Å². The van der Waals surface area contributed by atoms with E-state index in [0.29, 0.717) is 16.7 Å². The molecule has 0 bridgehead atoms. The van der Waals surface area contributed by atoms with E-state index < -0.39 is 12.1 Å². The molecule has 10 nitrogen and oxygen atoms in total. The smallest absolute Gasteiger partial charge is 0.413 e. The first-order valence-corrected chi connectivity index (χ1v) is 8.95. The van der Waals surface area contributed by atoms with Crippen molar-refractivity contribution in [3.63, 3.8) is 0 Å². The summed E-state index contributed by atoms with van der Waals surface area (Å²) >= 11 is 0. The number of nitrogens with one attached hydrogen (secondary N) is 3. The largest absolute Gasteiger partial charge is 0.465 e. The first kappa shape index (κ1) is 20.1.